The van der Waals surface area contributed by atoms with Crippen molar-refractivity contribution in [2.45, 2.75) is 27.3 Å². The Hall–Kier alpha value is -2.99. The fourth-order valence-corrected chi connectivity index (χ4v) is 3.35. The van der Waals surface area contributed by atoms with Crippen LogP contribution < -0.4 is 9.47 Å². The van der Waals surface area contributed by atoms with Crippen LogP contribution in [0.3, 0.4) is 0 Å². The van der Waals surface area contributed by atoms with Gasteiger partial charge in [0.05, 0.1) is 12.2 Å². The van der Waals surface area contributed by atoms with Gasteiger partial charge in [-0.15, -0.1) is 0 Å². The lowest BCUT2D eigenvalue weighted by Crippen LogP contribution is -2.17. The van der Waals surface area contributed by atoms with Gasteiger partial charge >= 0.3 is 11.9 Å². The van der Waals surface area contributed by atoms with Crippen molar-refractivity contribution in [3.05, 3.63) is 58.7 Å². The molecule has 0 amide bonds. The van der Waals surface area contributed by atoms with E-state index in [1.165, 1.54) is 0 Å². The number of hydrogen-bond donors (Lipinski definition) is 0. The number of ether oxygens (including phenoxy) is 3. The van der Waals surface area contributed by atoms with Gasteiger partial charge in [-0.3, -0.25) is 0 Å². The minimum absolute atomic E-state index is 0.251. The number of carbonyl (C=O) groups is 2. The number of carbonyl (C=O) groups excluding carboxylic acids is 2. The third kappa shape index (κ3) is 4.54. The Bertz CT molecular complexity index is 1040. The predicted octanol–water partition coefficient (Wildman–Crippen LogP) is 4.78. The molecule has 7 heteroatoms. The largest absolute Gasteiger partial charge is 0.482 e. The van der Waals surface area contributed by atoms with Gasteiger partial charge in [0.2, 0.25) is 0 Å². The molecular formula is C22H22ClNO5. The van der Waals surface area contributed by atoms with E-state index in [9.17, 15) is 9.59 Å². The predicted molar refractivity (Wildman–Crippen MR) is 111 cm³/mol. The molecule has 3 rings (SSSR count). The minimum Gasteiger partial charge on any atom is -0.482 e. The molecule has 0 saturated carbocycles. The maximum atomic E-state index is 12.5. The number of fused-ring (bicyclic) bond motifs is 1. The van der Waals surface area contributed by atoms with Crippen LogP contribution in [0, 0.1) is 6.92 Å². The maximum Gasteiger partial charge on any atom is 0.349 e. The number of aryl methyl sites for hydroxylation is 1. The Morgan fingerprint density at radius 1 is 1.03 bits per heavy atom. The summed E-state index contributed by atoms with van der Waals surface area (Å²) in [5.41, 5.74) is 2.18. The molecule has 29 heavy (non-hydrogen) atoms. The Morgan fingerprint density at radius 2 is 1.72 bits per heavy atom. The van der Waals surface area contributed by atoms with Crippen molar-refractivity contribution < 1.29 is 23.8 Å². The van der Waals surface area contributed by atoms with Crippen molar-refractivity contribution in [3.8, 4) is 11.5 Å². The molecule has 0 unspecified atom stereocenters. The van der Waals surface area contributed by atoms with Crippen LogP contribution in [-0.2, 0) is 16.1 Å². The van der Waals surface area contributed by atoms with Gasteiger partial charge < -0.3 is 18.8 Å². The van der Waals surface area contributed by atoms with Crippen molar-refractivity contribution in [1.82, 2.24) is 4.57 Å². The minimum atomic E-state index is -0.552. The molecule has 0 spiro atoms. The van der Waals surface area contributed by atoms with Crippen LogP contribution >= 0.6 is 11.6 Å². The fraction of sp³-hybridized carbons (Fsp3) is 0.273. The summed E-state index contributed by atoms with van der Waals surface area (Å²) in [4.78, 5) is 24.6. The molecule has 152 valence electrons. The van der Waals surface area contributed by atoms with Crippen LogP contribution in [-0.4, -0.2) is 29.7 Å². The molecule has 0 atom stereocenters. The van der Waals surface area contributed by atoms with Crippen molar-refractivity contribution in [2.24, 2.45) is 0 Å². The zero-order valence-electron chi connectivity index (χ0n) is 16.5. The van der Waals surface area contributed by atoms with E-state index in [2.05, 4.69) is 0 Å². The van der Waals surface area contributed by atoms with Crippen molar-refractivity contribution >= 4 is 34.4 Å². The lowest BCUT2D eigenvalue weighted by molar-refractivity contribution is -0.136. The second-order valence-corrected chi connectivity index (χ2v) is 6.76. The highest BCUT2D eigenvalue weighted by atomic mass is 35.5. The number of rotatable bonds is 7. The normalized spacial score (nSPS) is 10.8. The average molecular weight is 416 g/mol. The third-order valence-electron chi connectivity index (χ3n) is 4.49. The summed E-state index contributed by atoms with van der Waals surface area (Å²) in [6.07, 6.45) is 0. The van der Waals surface area contributed by atoms with Crippen LogP contribution in [0.5, 0.6) is 11.5 Å². The van der Waals surface area contributed by atoms with E-state index in [0.29, 0.717) is 34.0 Å². The number of hydrogen-bond acceptors (Lipinski definition) is 5. The van der Waals surface area contributed by atoms with E-state index < -0.39 is 11.9 Å². The number of benzene rings is 2. The van der Waals surface area contributed by atoms with Crippen LogP contribution in [0.2, 0.25) is 5.02 Å². The van der Waals surface area contributed by atoms with E-state index in [4.69, 9.17) is 25.8 Å². The highest BCUT2D eigenvalue weighted by Gasteiger charge is 2.21. The first-order valence-electron chi connectivity index (χ1n) is 9.33. The Kier molecular flexibility index (Phi) is 6.44. The molecular weight excluding hydrogens is 394 g/mol. The molecule has 2 aromatic carbocycles. The first-order valence-corrected chi connectivity index (χ1v) is 9.71. The quantitative estimate of drug-likeness (QED) is 0.410. The highest BCUT2D eigenvalue weighted by molar-refractivity contribution is 6.30. The average Bonchev–Trinajstić information content (AvgIpc) is 2.98. The maximum absolute atomic E-state index is 12.5. The van der Waals surface area contributed by atoms with E-state index in [1.807, 2.05) is 24.5 Å². The van der Waals surface area contributed by atoms with Gasteiger partial charge in [-0.25, -0.2) is 9.59 Å². The molecule has 0 fully saturated rings. The molecule has 0 aliphatic carbocycles. The number of nitrogens with zero attached hydrogens (tertiary/aromatic N) is 1. The second kappa shape index (κ2) is 9.01. The van der Waals surface area contributed by atoms with Crippen LogP contribution in [0.1, 0.15) is 29.9 Å². The molecule has 0 N–H and O–H groups in total. The zero-order chi connectivity index (χ0) is 21.0. The SMILES string of the molecule is CCOC(=O)c1c(C)n(CC)c2ccc(OC(=O)COc3ccc(Cl)cc3)cc12. The summed E-state index contributed by atoms with van der Waals surface area (Å²) in [7, 11) is 0. The smallest absolute Gasteiger partial charge is 0.349 e. The van der Waals surface area contributed by atoms with Gasteiger partial charge in [0.25, 0.3) is 0 Å². The van der Waals surface area contributed by atoms with Gasteiger partial charge in [-0.05, 0) is 63.2 Å². The fourth-order valence-electron chi connectivity index (χ4n) is 3.23. The standard InChI is InChI=1S/C22H22ClNO5/c1-4-24-14(3)21(22(26)27-5-2)18-12-17(10-11-19(18)24)29-20(25)13-28-16-8-6-15(23)7-9-16/h6-12H,4-5,13H2,1-3H3. The Balaban J connectivity index is 1.81. The molecule has 1 heterocycles. The molecule has 6 nitrogen and oxygen atoms in total. The van der Waals surface area contributed by atoms with E-state index >= 15 is 0 Å². The summed E-state index contributed by atoms with van der Waals surface area (Å²) >= 11 is 5.83. The van der Waals surface area contributed by atoms with Gasteiger partial charge in [-0.1, -0.05) is 11.6 Å². The summed E-state index contributed by atoms with van der Waals surface area (Å²) in [6, 6.07) is 11.9. The number of halogens is 1. The summed E-state index contributed by atoms with van der Waals surface area (Å²) in [5, 5.41) is 1.27. The molecule has 1 aromatic heterocycles. The van der Waals surface area contributed by atoms with Gasteiger partial charge in [0, 0.05) is 28.2 Å². The van der Waals surface area contributed by atoms with E-state index in [0.717, 1.165) is 11.2 Å². The molecule has 0 bridgehead atoms. The first kappa shape index (κ1) is 20.7. The first-order chi connectivity index (χ1) is 13.9. The topological polar surface area (TPSA) is 66.8 Å². The van der Waals surface area contributed by atoms with Crippen LogP contribution in [0.4, 0.5) is 0 Å². The lowest BCUT2D eigenvalue weighted by atomic mass is 10.1. The zero-order valence-corrected chi connectivity index (χ0v) is 17.3. The van der Waals surface area contributed by atoms with E-state index in [-0.39, 0.29) is 13.2 Å². The van der Waals surface area contributed by atoms with Gasteiger partial charge in [0.15, 0.2) is 6.61 Å². The number of aromatic nitrogens is 1. The van der Waals surface area contributed by atoms with Crippen molar-refractivity contribution in [3.63, 3.8) is 0 Å². The Morgan fingerprint density at radius 3 is 2.38 bits per heavy atom. The summed E-state index contributed by atoms with van der Waals surface area (Å²) < 4.78 is 18.0. The molecule has 0 aliphatic rings. The molecule has 0 saturated heterocycles. The number of esters is 2. The van der Waals surface area contributed by atoms with Gasteiger partial charge in [-0.2, -0.15) is 0 Å². The second-order valence-electron chi connectivity index (χ2n) is 6.32. The Labute approximate surface area is 173 Å². The van der Waals surface area contributed by atoms with Crippen LogP contribution in [0.25, 0.3) is 10.9 Å². The van der Waals surface area contributed by atoms with E-state index in [1.54, 1.807) is 43.3 Å². The van der Waals surface area contributed by atoms with Gasteiger partial charge in [0.1, 0.15) is 11.5 Å². The third-order valence-corrected chi connectivity index (χ3v) is 4.74. The van der Waals surface area contributed by atoms with Crippen LogP contribution in [0.15, 0.2) is 42.5 Å². The molecule has 3 aromatic rings. The molecule has 0 radical (unpaired) electrons. The molecule has 0 aliphatic heterocycles. The monoisotopic (exact) mass is 415 g/mol. The summed E-state index contributed by atoms with van der Waals surface area (Å²) in [6.45, 7) is 6.38. The lowest BCUT2D eigenvalue weighted by Gasteiger charge is -2.08. The van der Waals surface area contributed by atoms with Crippen molar-refractivity contribution in [1.29, 1.82) is 0 Å². The summed E-state index contributed by atoms with van der Waals surface area (Å²) in [5.74, 6) is -0.0940. The highest BCUT2D eigenvalue weighted by Crippen LogP contribution is 2.30. The van der Waals surface area contributed by atoms with Crippen molar-refractivity contribution in [2.75, 3.05) is 13.2 Å².